The molecular weight excluding hydrogens is 324 g/mol. The molecule has 1 aliphatic carbocycles. The molecule has 1 fully saturated rings. The number of anilines is 1. The third-order valence-corrected chi connectivity index (χ3v) is 5.73. The van der Waals surface area contributed by atoms with Crippen molar-refractivity contribution < 1.29 is 8.42 Å². The van der Waals surface area contributed by atoms with Crippen molar-refractivity contribution in [2.24, 2.45) is 5.92 Å². The van der Waals surface area contributed by atoms with Gasteiger partial charge in [0, 0.05) is 11.8 Å². The number of hydrogen-bond acceptors (Lipinski definition) is 4. The molecule has 1 saturated carbocycles. The maximum atomic E-state index is 12.4. The minimum atomic E-state index is -3.75. The van der Waals surface area contributed by atoms with E-state index in [1.54, 1.807) is 18.2 Å². The number of nitrogens with zero attached hydrogens (tertiary/aromatic N) is 2. The number of nitriles is 1. The molecular formula is C17H20N4O2S. The topological polar surface area (TPSA) is 98.6 Å². The van der Waals surface area contributed by atoms with Crippen LogP contribution in [0.5, 0.6) is 0 Å². The van der Waals surface area contributed by atoms with Gasteiger partial charge in [-0.05, 0) is 30.5 Å². The monoisotopic (exact) mass is 344 g/mol. The normalized spacial score (nSPS) is 15.8. The molecule has 2 aromatic rings. The van der Waals surface area contributed by atoms with Crippen molar-refractivity contribution in [3.8, 4) is 6.07 Å². The van der Waals surface area contributed by atoms with Crippen LogP contribution in [0.3, 0.4) is 0 Å². The SMILES string of the molecule is N#Cc1cccc(S(=O)(=O)Nc2cc(CC3CCCCC3)[nH]n2)c1. The van der Waals surface area contributed by atoms with Gasteiger partial charge in [-0.1, -0.05) is 38.2 Å². The molecule has 0 spiro atoms. The standard InChI is InChI=1S/C17H20N4O2S/c18-12-14-7-4-8-16(10-14)24(22,23)21-17-11-15(19-20-17)9-13-5-2-1-3-6-13/h4,7-8,10-11,13H,1-3,5-6,9H2,(H2,19,20,21). The molecule has 0 amide bonds. The molecule has 3 rings (SSSR count). The Hall–Kier alpha value is -2.33. The number of hydrogen-bond donors (Lipinski definition) is 2. The van der Waals surface area contributed by atoms with Crippen molar-refractivity contribution in [1.82, 2.24) is 10.2 Å². The quantitative estimate of drug-likeness (QED) is 0.870. The van der Waals surface area contributed by atoms with E-state index in [4.69, 9.17) is 5.26 Å². The summed E-state index contributed by atoms with van der Waals surface area (Å²) in [4.78, 5) is 0.0541. The first kappa shape index (κ1) is 16.5. The lowest BCUT2D eigenvalue weighted by molar-refractivity contribution is 0.354. The lowest BCUT2D eigenvalue weighted by Crippen LogP contribution is -2.13. The molecule has 1 aromatic carbocycles. The Labute approximate surface area is 142 Å². The van der Waals surface area contributed by atoms with E-state index in [1.165, 1.54) is 44.2 Å². The molecule has 0 aliphatic heterocycles. The first-order valence-corrected chi connectivity index (χ1v) is 9.62. The molecule has 0 saturated heterocycles. The molecule has 7 heteroatoms. The number of H-pyrrole nitrogens is 1. The van der Waals surface area contributed by atoms with Crippen LogP contribution < -0.4 is 4.72 Å². The first-order chi connectivity index (χ1) is 11.6. The van der Waals surface area contributed by atoms with Crippen LogP contribution in [0.15, 0.2) is 35.2 Å². The molecule has 2 N–H and O–H groups in total. The van der Waals surface area contributed by atoms with Crippen LogP contribution in [-0.4, -0.2) is 18.6 Å². The van der Waals surface area contributed by atoms with Crippen molar-refractivity contribution in [1.29, 1.82) is 5.26 Å². The Bertz CT molecular complexity index is 845. The van der Waals surface area contributed by atoms with Crippen molar-refractivity contribution in [3.63, 3.8) is 0 Å². The Morgan fingerprint density at radius 2 is 2.04 bits per heavy atom. The summed E-state index contributed by atoms with van der Waals surface area (Å²) in [7, 11) is -3.75. The minimum absolute atomic E-state index is 0.0541. The Balaban J connectivity index is 1.70. The lowest BCUT2D eigenvalue weighted by Gasteiger charge is -2.20. The highest BCUT2D eigenvalue weighted by atomic mass is 32.2. The molecule has 0 bridgehead atoms. The summed E-state index contributed by atoms with van der Waals surface area (Å²) in [5.74, 6) is 0.930. The predicted octanol–water partition coefficient (Wildman–Crippen LogP) is 3.20. The second-order valence-electron chi connectivity index (χ2n) is 6.23. The fraction of sp³-hybridized carbons (Fsp3) is 0.412. The highest BCUT2D eigenvalue weighted by Crippen LogP contribution is 2.27. The smallest absolute Gasteiger partial charge is 0.263 e. The Kier molecular flexibility index (Phi) is 4.86. The summed E-state index contributed by atoms with van der Waals surface area (Å²) >= 11 is 0. The largest absolute Gasteiger partial charge is 0.280 e. The molecule has 24 heavy (non-hydrogen) atoms. The number of aromatic amines is 1. The van der Waals surface area contributed by atoms with Gasteiger partial charge in [-0.25, -0.2) is 8.42 Å². The molecule has 1 aliphatic rings. The maximum absolute atomic E-state index is 12.4. The van der Waals surface area contributed by atoms with Gasteiger partial charge >= 0.3 is 0 Å². The van der Waals surface area contributed by atoms with Gasteiger partial charge in [0.1, 0.15) is 0 Å². The van der Waals surface area contributed by atoms with Crippen LogP contribution in [0.1, 0.15) is 43.4 Å². The maximum Gasteiger partial charge on any atom is 0.263 e. The number of benzene rings is 1. The average molecular weight is 344 g/mol. The van der Waals surface area contributed by atoms with Gasteiger partial charge in [0.05, 0.1) is 16.5 Å². The van der Waals surface area contributed by atoms with E-state index in [0.717, 1.165) is 12.1 Å². The van der Waals surface area contributed by atoms with Gasteiger partial charge in [0.25, 0.3) is 10.0 Å². The van der Waals surface area contributed by atoms with E-state index in [1.807, 2.05) is 6.07 Å². The van der Waals surface area contributed by atoms with Crippen molar-refractivity contribution in [3.05, 3.63) is 41.6 Å². The molecule has 0 atom stereocenters. The predicted molar refractivity (Wildman–Crippen MR) is 90.8 cm³/mol. The summed E-state index contributed by atoms with van der Waals surface area (Å²) in [6, 6.07) is 9.60. The number of rotatable bonds is 5. The van der Waals surface area contributed by atoms with Gasteiger partial charge in [-0.15, -0.1) is 0 Å². The third kappa shape index (κ3) is 3.95. The van der Waals surface area contributed by atoms with Gasteiger partial charge in [-0.2, -0.15) is 10.4 Å². The molecule has 1 heterocycles. The summed E-state index contributed by atoms with van der Waals surface area (Å²) in [6.07, 6.45) is 7.20. The summed E-state index contributed by atoms with van der Waals surface area (Å²) in [5, 5.41) is 15.9. The first-order valence-electron chi connectivity index (χ1n) is 8.14. The molecule has 0 unspecified atom stereocenters. The minimum Gasteiger partial charge on any atom is -0.280 e. The third-order valence-electron chi connectivity index (χ3n) is 4.38. The zero-order chi connectivity index (χ0) is 17.0. The zero-order valence-electron chi connectivity index (χ0n) is 13.3. The van der Waals surface area contributed by atoms with E-state index >= 15 is 0 Å². The van der Waals surface area contributed by atoms with E-state index in [0.29, 0.717) is 11.5 Å². The van der Waals surface area contributed by atoms with Crippen LogP contribution in [0, 0.1) is 17.2 Å². The summed E-state index contributed by atoms with van der Waals surface area (Å²) < 4.78 is 27.3. The van der Waals surface area contributed by atoms with Crippen molar-refractivity contribution >= 4 is 15.8 Å². The van der Waals surface area contributed by atoms with Crippen LogP contribution in [-0.2, 0) is 16.4 Å². The fourth-order valence-corrected chi connectivity index (χ4v) is 4.19. The summed E-state index contributed by atoms with van der Waals surface area (Å²) in [6.45, 7) is 0. The number of sulfonamides is 1. The molecule has 6 nitrogen and oxygen atoms in total. The second-order valence-corrected chi connectivity index (χ2v) is 7.91. The van der Waals surface area contributed by atoms with Gasteiger partial charge < -0.3 is 0 Å². The van der Waals surface area contributed by atoms with E-state index in [9.17, 15) is 8.42 Å². The highest BCUT2D eigenvalue weighted by Gasteiger charge is 2.18. The van der Waals surface area contributed by atoms with Crippen molar-refractivity contribution in [2.45, 2.75) is 43.4 Å². The van der Waals surface area contributed by atoms with E-state index in [2.05, 4.69) is 14.9 Å². The second kappa shape index (κ2) is 7.05. The van der Waals surface area contributed by atoms with Gasteiger partial charge in [-0.3, -0.25) is 9.82 Å². The summed E-state index contributed by atoms with van der Waals surface area (Å²) in [5.41, 5.74) is 1.25. The van der Waals surface area contributed by atoms with Crippen LogP contribution in [0.25, 0.3) is 0 Å². The van der Waals surface area contributed by atoms with Crippen molar-refractivity contribution in [2.75, 3.05) is 4.72 Å². The van der Waals surface area contributed by atoms with Crippen LogP contribution in [0.4, 0.5) is 5.82 Å². The zero-order valence-corrected chi connectivity index (χ0v) is 14.1. The number of nitrogens with one attached hydrogen (secondary N) is 2. The lowest BCUT2D eigenvalue weighted by atomic mass is 9.86. The van der Waals surface area contributed by atoms with Gasteiger partial charge in [0.15, 0.2) is 5.82 Å². The number of aromatic nitrogens is 2. The Morgan fingerprint density at radius 1 is 1.25 bits per heavy atom. The highest BCUT2D eigenvalue weighted by molar-refractivity contribution is 7.92. The Morgan fingerprint density at radius 3 is 2.79 bits per heavy atom. The van der Waals surface area contributed by atoms with Crippen LogP contribution >= 0.6 is 0 Å². The average Bonchev–Trinajstić information content (AvgIpc) is 3.02. The molecule has 126 valence electrons. The molecule has 1 aromatic heterocycles. The molecule has 0 radical (unpaired) electrons. The van der Waals surface area contributed by atoms with E-state index in [-0.39, 0.29) is 10.7 Å². The van der Waals surface area contributed by atoms with E-state index < -0.39 is 10.0 Å². The van der Waals surface area contributed by atoms with Crippen LogP contribution in [0.2, 0.25) is 0 Å². The fourth-order valence-electron chi connectivity index (χ4n) is 3.15. The van der Waals surface area contributed by atoms with Gasteiger partial charge in [0.2, 0.25) is 0 Å².